The summed E-state index contributed by atoms with van der Waals surface area (Å²) >= 11 is 5.87. The molecule has 1 atom stereocenters. The summed E-state index contributed by atoms with van der Waals surface area (Å²) in [4.78, 5) is 8.09. The second-order valence-electron chi connectivity index (χ2n) is 4.94. The number of hydrogen-bond donors (Lipinski definition) is 1. The number of imidazole rings is 1. The van der Waals surface area contributed by atoms with E-state index in [2.05, 4.69) is 37.9 Å². The van der Waals surface area contributed by atoms with Crippen molar-refractivity contribution in [2.45, 2.75) is 27.2 Å². The first kappa shape index (κ1) is 13.2. The normalized spacial score (nSPS) is 12.7. The quantitative estimate of drug-likeness (QED) is 0.826. The van der Waals surface area contributed by atoms with Gasteiger partial charge in [0.15, 0.2) is 0 Å². The van der Waals surface area contributed by atoms with Crippen molar-refractivity contribution in [1.82, 2.24) is 9.97 Å². The van der Waals surface area contributed by atoms with Crippen molar-refractivity contribution in [2.24, 2.45) is 5.92 Å². The molecule has 0 spiro atoms. The minimum absolute atomic E-state index is 0.457. The fourth-order valence-corrected chi connectivity index (χ4v) is 2.16. The van der Waals surface area contributed by atoms with Gasteiger partial charge >= 0.3 is 0 Å². The molecule has 96 valence electrons. The highest BCUT2D eigenvalue weighted by atomic mass is 35.5. The topological polar surface area (TPSA) is 28.7 Å². The fourth-order valence-electron chi connectivity index (χ4n) is 2.05. The van der Waals surface area contributed by atoms with Gasteiger partial charge in [0.2, 0.25) is 0 Å². The first-order chi connectivity index (χ1) is 8.61. The van der Waals surface area contributed by atoms with E-state index in [-0.39, 0.29) is 0 Å². The van der Waals surface area contributed by atoms with Crippen molar-refractivity contribution in [3.8, 4) is 11.4 Å². The maximum atomic E-state index is 5.87. The predicted molar refractivity (Wildman–Crippen MR) is 77.1 cm³/mol. The Morgan fingerprint density at radius 2 is 2.00 bits per heavy atom. The predicted octanol–water partition coefficient (Wildman–Crippen LogP) is 4.11. The lowest BCUT2D eigenvalue weighted by molar-refractivity contribution is 0.642. The molecule has 1 N–H and O–H groups in total. The number of H-pyrrole nitrogens is 1. The summed E-state index contributed by atoms with van der Waals surface area (Å²) in [6.07, 6.45) is 0.928. The van der Waals surface area contributed by atoms with Gasteiger partial charge < -0.3 is 4.98 Å². The van der Waals surface area contributed by atoms with Crippen molar-refractivity contribution in [2.75, 3.05) is 5.88 Å². The molecular weight excluding hydrogens is 244 g/mol. The van der Waals surface area contributed by atoms with Crippen LogP contribution in [0.4, 0.5) is 0 Å². The zero-order chi connectivity index (χ0) is 13.1. The first-order valence-corrected chi connectivity index (χ1v) is 6.82. The van der Waals surface area contributed by atoms with E-state index in [1.165, 1.54) is 11.1 Å². The molecule has 2 rings (SSSR count). The molecule has 0 bridgehead atoms. The third kappa shape index (κ3) is 2.75. The Morgan fingerprint density at radius 1 is 1.28 bits per heavy atom. The molecule has 0 aliphatic rings. The van der Waals surface area contributed by atoms with Gasteiger partial charge in [-0.25, -0.2) is 4.98 Å². The second-order valence-corrected chi connectivity index (χ2v) is 5.24. The summed E-state index contributed by atoms with van der Waals surface area (Å²) in [5.41, 5.74) is 4.68. The van der Waals surface area contributed by atoms with Gasteiger partial charge in [0, 0.05) is 17.1 Å². The molecule has 0 amide bonds. The molecule has 1 aromatic carbocycles. The monoisotopic (exact) mass is 262 g/mol. The zero-order valence-electron chi connectivity index (χ0n) is 11.1. The SMILES string of the molecule is Cc1ccccc1-c1nc(CC(C)CCl)c(C)[nH]1. The molecule has 0 radical (unpaired) electrons. The van der Waals surface area contributed by atoms with E-state index in [9.17, 15) is 0 Å². The average molecular weight is 263 g/mol. The minimum Gasteiger partial charge on any atom is -0.342 e. The molecule has 1 heterocycles. The van der Waals surface area contributed by atoms with Crippen LogP contribution in [-0.4, -0.2) is 15.8 Å². The van der Waals surface area contributed by atoms with Crippen LogP contribution >= 0.6 is 11.6 Å². The number of rotatable bonds is 4. The van der Waals surface area contributed by atoms with E-state index in [4.69, 9.17) is 16.6 Å². The van der Waals surface area contributed by atoms with Gasteiger partial charge in [-0.2, -0.15) is 0 Å². The number of benzene rings is 1. The van der Waals surface area contributed by atoms with Crippen molar-refractivity contribution in [3.05, 3.63) is 41.2 Å². The largest absolute Gasteiger partial charge is 0.342 e. The van der Waals surface area contributed by atoms with Crippen LogP contribution in [0, 0.1) is 19.8 Å². The fraction of sp³-hybridized carbons (Fsp3) is 0.400. The molecule has 2 nitrogen and oxygen atoms in total. The lowest BCUT2D eigenvalue weighted by atomic mass is 10.1. The van der Waals surface area contributed by atoms with Crippen molar-refractivity contribution < 1.29 is 0 Å². The number of aryl methyl sites for hydroxylation is 2. The highest BCUT2D eigenvalue weighted by molar-refractivity contribution is 6.18. The van der Waals surface area contributed by atoms with Crippen molar-refractivity contribution in [3.63, 3.8) is 0 Å². The molecule has 0 saturated carbocycles. The average Bonchev–Trinajstić information content (AvgIpc) is 2.71. The molecule has 3 heteroatoms. The Balaban J connectivity index is 2.32. The van der Waals surface area contributed by atoms with E-state index in [1.54, 1.807) is 0 Å². The number of nitrogens with zero attached hydrogens (tertiary/aromatic N) is 1. The molecule has 0 aliphatic carbocycles. The molecule has 0 aliphatic heterocycles. The lowest BCUT2D eigenvalue weighted by Gasteiger charge is -2.04. The van der Waals surface area contributed by atoms with Crippen LogP contribution in [0.25, 0.3) is 11.4 Å². The van der Waals surface area contributed by atoms with Crippen LogP contribution in [0.15, 0.2) is 24.3 Å². The van der Waals surface area contributed by atoms with Gasteiger partial charge in [0.25, 0.3) is 0 Å². The smallest absolute Gasteiger partial charge is 0.138 e. The first-order valence-electron chi connectivity index (χ1n) is 6.29. The Hall–Kier alpha value is -1.28. The molecule has 2 aromatic rings. The Bertz CT molecular complexity index is 531. The number of halogens is 1. The van der Waals surface area contributed by atoms with Crippen LogP contribution in [0.2, 0.25) is 0 Å². The Kier molecular flexibility index (Phi) is 4.07. The minimum atomic E-state index is 0.457. The summed E-state index contributed by atoms with van der Waals surface area (Å²) < 4.78 is 0. The van der Waals surface area contributed by atoms with E-state index >= 15 is 0 Å². The molecule has 0 saturated heterocycles. The maximum absolute atomic E-state index is 5.87. The lowest BCUT2D eigenvalue weighted by Crippen LogP contribution is -2.02. The Morgan fingerprint density at radius 3 is 2.67 bits per heavy atom. The van der Waals surface area contributed by atoms with Crippen molar-refractivity contribution in [1.29, 1.82) is 0 Å². The summed E-state index contributed by atoms with van der Waals surface area (Å²) in [5, 5.41) is 0. The van der Waals surface area contributed by atoms with Crippen LogP contribution in [-0.2, 0) is 6.42 Å². The van der Waals surface area contributed by atoms with Crippen LogP contribution in [0.1, 0.15) is 23.9 Å². The highest BCUT2D eigenvalue weighted by Gasteiger charge is 2.12. The number of aromatic amines is 1. The highest BCUT2D eigenvalue weighted by Crippen LogP contribution is 2.22. The van der Waals surface area contributed by atoms with Crippen LogP contribution in [0.3, 0.4) is 0 Å². The van der Waals surface area contributed by atoms with Crippen LogP contribution < -0.4 is 0 Å². The number of nitrogens with one attached hydrogen (secondary N) is 1. The third-order valence-electron chi connectivity index (χ3n) is 3.19. The molecule has 1 aromatic heterocycles. The second kappa shape index (κ2) is 5.57. The molecular formula is C15H19ClN2. The standard InChI is InChI=1S/C15H19ClN2/c1-10(9-16)8-14-12(3)17-15(18-14)13-7-5-4-6-11(13)2/h4-7,10H,8-9H2,1-3H3,(H,17,18). The van der Waals surface area contributed by atoms with Crippen LogP contribution in [0.5, 0.6) is 0 Å². The van der Waals surface area contributed by atoms with Gasteiger partial charge in [-0.1, -0.05) is 31.2 Å². The molecule has 18 heavy (non-hydrogen) atoms. The van der Waals surface area contributed by atoms with E-state index in [1.807, 2.05) is 12.1 Å². The van der Waals surface area contributed by atoms with Gasteiger partial charge in [0.1, 0.15) is 5.82 Å². The molecule has 1 unspecified atom stereocenters. The van der Waals surface area contributed by atoms with Gasteiger partial charge in [-0.3, -0.25) is 0 Å². The van der Waals surface area contributed by atoms with E-state index in [0.29, 0.717) is 11.8 Å². The summed E-state index contributed by atoms with van der Waals surface area (Å²) in [7, 11) is 0. The molecule has 0 fully saturated rings. The maximum Gasteiger partial charge on any atom is 0.138 e. The van der Waals surface area contributed by atoms with Gasteiger partial charge in [-0.15, -0.1) is 11.6 Å². The Labute approximate surface area is 113 Å². The van der Waals surface area contributed by atoms with E-state index < -0.39 is 0 Å². The van der Waals surface area contributed by atoms with Gasteiger partial charge in [-0.05, 0) is 31.7 Å². The van der Waals surface area contributed by atoms with E-state index in [0.717, 1.165) is 23.6 Å². The summed E-state index contributed by atoms with van der Waals surface area (Å²) in [6, 6.07) is 8.29. The summed E-state index contributed by atoms with van der Waals surface area (Å²) in [5.74, 6) is 2.09. The zero-order valence-corrected chi connectivity index (χ0v) is 11.9. The van der Waals surface area contributed by atoms with Crippen molar-refractivity contribution >= 4 is 11.6 Å². The number of hydrogen-bond acceptors (Lipinski definition) is 1. The number of alkyl halides is 1. The van der Waals surface area contributed by atoms with Gasteiger partial charge in [0.05, 0.1) is 5.69 Å². The third-order valence-corrected chi connectivity index (χ3v) is 3.72. The summed E-state index contributed by atoms with van der Waals surface area (Å²) in [6.45, 7) is 6.33. The number of aromatic nitrogens is 2.